The number of esters is 1. The fourth-order valence-corrected chi connectivity index (χ4v) is 2.53. The molecule has 0 fully saturated rings. The summed E-state index contributed by atoms with van der Waals surface area (Å²) in [7, 11) is -4.27. The molecular weight excluding hydrogens is 302 g/mol. The number of carbonyl (C=O) groups is 1. The quantitative estimate of drug-likeness (QED) is 0.613. The van der Waals surface area contributed by atoms with Crippen molar-refractivity contribution in [2.75, 3.05) is 0 Å². The van der Waals surface area contributed by atoms with E-state index in [2.05, 4.69) is 0 Å². The van der Waals surface area contributed by atoms with E-state index < -0.39 is 43.8 Å². The van der Waals surface area contributed by atoms with E-state index in [1.165, 1.54) is 6.92 Å². The largest absolute Gasteiger partial charge is 0.459 e. The topological polar surface area (TPSA) is 138 Å². The molecule has 118 valence electrons. The molecule has 0 aliphatic heterocycles. The van der Waals surface area contributed by atoms with Gasteiger partial charge in [-0.25, -0.2) is 13.2 Å². The number of sulfonamides is 1. The minimum absolute atomic E-state index is 0.697. The van der Waals surface area contributed by atoms with Crippen LogP contribution < -0.4 is 16.0 Å². The standard InChI is InChI=1S/C11H17N3O6S/c1-6(9(16)20-11(2,3)4)14-21(18,19)7-5-12-10(17)13-8(7)15/h5-6,14H,1-4H3,(H2,12,13,15,17)/t6-/m1/s1. The first-order chi connectivity index (χ1) is 9.42. The van der Waals surface area contributed by atoms with Crippen LogP contribution in [0.1, 0.15) is 27.7 Å². The van der Waals surface area contributed by atoms with Gasteiger partial charge in [0.1, 0.15) is 11.6 Å². The third kappa shape index (κ3) is 4.83. The normalized spacial score (nSPS) is 13.7. The summed E-state index contributed by atoms with van der Waals surface area (Å²) in [5.41, 5.74) is -2.69. The molecule has 0 unspecified atom stereocenters. The van der Waals surface area contributed by atoms with Gasteiger partial charge in [-0.15, -0.1) is 0 Å². The Balaban J connectivity index is 2.98. The van der Waals surface area contributed by atoms with Crippen LogP contribution in [0.5, 0.6) is 0 Å². The van der Waals surface area contributed by atoms with Gasteiger partial charge < -0.3 is 9.72 Å². The lowest BCUT2D eigenvalue weighted by atomic mass is 10.2. The van der Waals surface area contributed by atoms with E-state index in [1.54, 1.807) is 25.8 Å². The molecule has 0 bridgehead atoms. The summed E-state index contributed by atoms with van der Waals surface area (Å²) in [6.45, 7) is 6.20. The second kappa shape index (κ2) is 5.82. The number of hydrogen-bond donors (Lipinski definition) is 3. The Labute approximate surface area is 120 Å². The van der Waals surface area contributed by atoms with Crippen molar-refractivity contribution in [3.8, 4) is 0 Å². The van der Waals surface area contributed by atoms with Crippen molar-refractivity contribution in [1.82, 2.24) is 14.7 Å². The van der Waals surface area contributed by atoms with Gasteiger partial charge in [0.15, 0.2) is 4.90 Å². The van der Waals surface area contributed by atoms with Crippen LogP contribution in [0.2, 0.25) is 0 Å². The maximum absolute atomic E-state index is 12.0. The summed E-state index contributed by atoms with van der Waals surface area (Å²) in [5.74, 6) is -0.785. The second-order valence-corrected chi connectivity index (χ2v) is 7.00. The van der Waals surface area contributed by atoms with E-state index in [0.29, 0.717) is 0 Å². The molecule has 1 atom stereocenters. The Hall–Kier alpha value is -1.94. The lowest BCUT2D eigenvalue weighted by Crippen LogP contribution is -2.43. The molecule has 0 aliphatic rings. The monoisotopic (exact) mass is 319 g/mol. The molecule has 0 aliphatic carbocycles. The third-order valence-electron chi connectivity index (χ3n) is 2.17. The molecule has 0 radical (unpaired) electrons. The number of ether oxygens (including phenoxy) is 1. The first-order valence-corrected chi connectivity index (χ1v) is 7.48. The van der Waals surface area contributed by atoms with Crippen molar-refractivity contribution in [3.05, 3.63) is 27.0 Å². The van der Waals surface area contributed by atoms with Gasteiger partial charge in [0.25, 0.3) is 5.56 Å². The number of aromatic amines is 2. The fourth-order valence-electron chi connectivity index (χ4n) is 1.33. The highest BCUT2D eigenvalue weighted by Gasteiger charge is 2.28. The Morgan fingerprint density at radius 1 is 1.33 bits per heavy atom. The minimum atomic E-state index is -4.27. The number of H-pyrrole nitrogens is 2. The Kier molecular flexibility index (Phi) is 4.74. The van der Waals surface area contributed by atoms with Gasteiger partial charge in [-0.05, 0) is 27.7 Å². The van der Waals surface area contributed by atoms with Crippen LogP contribution in [-0.2, 0) is 19.6 Å². The average Bonchev–Trinajstić information content (AvgIpc) is 2.24. The van der Waals surface area contributed by atoms with Crippen LogP contribution in [0.4, 0.5) is 0 Å². The molecule has 0 spiro atoms. The lowest BCUT2D eigenvalue weighted by molar-refractivity contribution is -0.156. The van der Waals surface area contributed by atoms with Crippen LogP contribution in [0, 0.1) is 0 Å². The number of nitrogens with one attached hydrogen (secondary N) is 3. The van der Waals surface area contributed by atoms with E-state index in [4.69, 9.17) is 4.74 Å². The molecular formula is C11H17N3O6S. The Bertz CT molecular complexity index is 740. The van der Waals surface area contributed by atoms with Gasteiger partial charge >= 0.3 is 11.7 Å². The number of carbonyl (C=O) groups excluding carboxylic acids is 1. The molecule has 21 heavy (non-hydrogen) atoms. The molecule has 9 nitrogen and oxygen atoms in total. The predicted octanol–water partition coefficient (Wildman–Crippen LogP) is -0.928. The Morgan fingerprint density at radius 3 is 2.38 bits per heavy atom. The molecule has 0 amide bonds. The molecule has 10 heteroatoms. The summed E-state index contributed by atoms with van der Waals surface area (Å²) in [5, 5.41) is 0. The summed E-state index contributed by atoms with van der Waals surface area (Å²) >= 11 is 0. The predicted molar refractivity (Wildman–Crippen MR) is 73.3 cm³/mol. The van der Waals surface area contributed by atoms with E-state index in [9.17, 15) is 22.8 Å². The third-order valence-corrected chi connectivity index (χ3v) is 3.71. The maximum Gasteiger partial charge on any atom is 0.325 e. The van der Waals surface area contributed by atoms with Gasteiger partial charge in [-0.2, -0.15) is 4.72 Å². The first kappa shape index (κ1) is 17.1. The lowest BCUT2D eigenvalue weighted by Gasteiger charge is -2.22. The smallest absolute Gasteiger partial charge is 0.325 e. The van der Waals surface area contributed by atoms with Gasteiger partial charge in [0.2, 0.25) is 10.0 Å². The zero-order chi connectivity index (χ0) is 16.4. The summed E-state index contributed by atoms with van der Waals surface area (Å²) in [4.78, 5) is 37.2. The SMILES string of the molecule is C[C@@H](NS(=O)(=O)c1c[nH]c(=O)[nH]c1=O)C(=O)OC(C)(C)C. The highest BCUT2D eigenvalue weighted by molar-refractivity contribution is 7.89. The van der Waals surface area contributed by atoms with Crippen molar-refractivity contribution >= 4 is 16.0 Å². The molecule has 1 aromatic rings. The molecule has 0 aromatic carbocycles. The van der Waals surface area contributed by atoms with Gasteiger partial charge in [-0.3, -0.25) is 14.6 Å². The molecule has 1 rings (SSSR count). The summed E-state index contributed by atoms with van der Waals surface area (Å²) in [6.07, 6.45) is 0.755. The van der Waals surface area contributed by atoms with Crippen LogP contribution >= 0.6 is 0 Å². The average molecular weight is 319 g/mol. The zero-order valence-electron chi connectivity index (χ0n) is 12.0. The molecule has 1 aromatic heterocycles. The minimum Gasteiger partial charge on any atom is -0.459 e. The highest BCUT2D eigenvalue weighted by Crippen LogP contribution is 2.09. The summed E-state index contributed by atoms with van der Waals surface area (Å²) < 4.78 is 31.0. The molecule has 1 heterocycles. The van der Waals surface area contributed by atoms with Gasteiger partial charge in [0.05, 0.1) is 0 Å². The summed E-state index contributed by atoms with van der Waals surface area (Å²) in [6, 6.07) is -1.19. The van der Waals surface area contributed by atoms with Crippen LogP contribution in [0.15, 0.2) is 20.7 Å². The fraction of sp³-hybridized carbons (Fsp3) is 0.545. The zero-order valence-corrected chi connectivity index (χ0v) is 12.8. The van der Waals surface area contributed by atoms with Crippen molar-refractivity contribution in [1.29, 1.82) is 0 Å². The number of aromatic nitrogens is 2. The van der Waals surface area contributed by atoms with E-state index in [0.717, 1.165) is 6.20 Å². The highest BCUT2D eigenvalue weighted by atomic mass is 32.2. The van der Waals surface area contributed by atoms with E-state index >= 15 is 0 Å². The van der Waals surface area contributed by atoms with Crippen LogP contribution in [-0.4, -0.2) is 36.0 Å². The van der Waals surface area contributed by atoms with Crippen LogP contribution in [0.3, 0.4) is 0 Å². The van der Waals surface area contributed by atoms with Crippen molar-refractivity contribution in [3.63, 3.8) is 0 Å². The Morgan fingerprint density at radius 2 is 1.90 bits per heavy atom. The molecule has 0 saturated carbocycles. The van der Waals surface area contributed by atoms with Crippen molar-refractivity contribution in [2.45, 2.75) is 44.2 Å². The van der Waals surface area contributed by atoms with E-state index in [1.807, 2.05) is 9.71 Å². The first-order valence-electron chi connectivity index (χ1n) is 5.99. The number of rotatable bonds is 4. The number of hydrogen-bond acceptors (Lipinski definition) is 6. The van der Waals surface area contributed by atoms with Gasteiger partial charge in [-0.1, -0.05) is 0 Å². The second-order valence-electron chi connectivity index (χ2n) is 5.31. The van der Waals surface area contributed by atoms with Crippen molar-refractivity contribution in [2.24, 2.45) is 0 Å². The van der Waals surface area contributed by atoms with Crippen LogP contribution in [0.25, 0.3) is 0 Å². The molecule has 3 N–H and O–H groups in total. The molecule has 0 saturated heterocycles. The van der Waals surface area contributed by atoms with Gasteiger partial charge in [0, 0.05) is 6.20 Å². The van der Waals surface area contributed by atoms with E-state index in [-0.39, 0.29) is 0 Å². The maximum atomic E-state index is 12.0. The van der Waals surface area contributed by atoms with Crippen molar-refractivity contribution < 1.29 is 17.9 Å².